The molecule has 0 aliphatic carbocycles. The fourth-order valence-corrected chi connectivity index (χ4v) is 2.82. The molecule has 0 bridgehead atoms. The molecule has 0 saturated carbocycles. The second kappa shape index (κ2) is 13.1. The van der Waals surface area contributed by atoms with Gasteiger partial charge in [-0.3, -0.25) is 19.2 Å². The summed E-state index contributed by atoms with van der Waals surface area (Å²) in [6.45, 7) is 1.79. The minimum atomic E-state index is -0.390. The number of nitrogens with zero attached hydrogens (tertiary/aromatic N) is 2. The topological polar surface area (TPSA) is 143 Å². The Balaban J connectivity index is 0.00000512. The average Bonchev–Trinajstić information content (AvgIpc) is 3.23. The molecule has 0 saturated heterocycles. The van der Waals surface area contributed by atoms with Gasteiger partial charge in [0.15, 0.2) is 0 Å². The third-order valence-electron chi connectivity index (χ3n) is 4.35. The van der Waals surface area contributed by atoms with Gasteiger partial charge in [-0.05, 0) is 13.0 Å². The molecule has 4 amide bonds. The van der Waals surface area contributed by atoms with Gasteiger partial charge in [0.2, 0.25) is 5.91 Å². The van der Waals surface area contributed by atoms with Gasteiger partial charge in [0, 0.05) is 86.2 Å². The Labute approximate surface area is 217 Å². The maximum atomic E-state index is 12.2. The molecule has 0 atom stereocenters. The minimum absolute atomic E-state index is 0. The molecule has 2 rings (SSSR count). The van der Waals surface area contributed by atoms with Crippen molar-refractivity contribution >= 4 is 41.3 Å². The Hall–Kier alpha value is -2.57. The summed E-state index contributed by atoms with van der Waals surface area (Å²) in [5.74, 6) is -1.09. The molecule has 11 nitrogen and oxygen atoms in total. The molecule has 0 aromatic carbocycles. The molecule has 4 N–H and O–H groups in total. The molecule has 2 aromatic rings. The van der Waals surface area contributed by atoms with Crippen LogP contribution in [-0.4, -0.2) is 52.1 Å². The molecule has 0 unspecified atom stereocenters. The van der Waals surface area contributed by atoms with E-state index in [4.69, 9.17) is 0 Å². The van der Waals surface area contributed by atoms with Crippen LogP contribution in [0.3, 0.4) is 0 Å². The third-order valence-corrected chi connectivity index (χ3v) is 4.35. The second-order valence-electron chi connectivity index (χ2n) is 6.94. The summed E-state index contributed by atoms with van der Waals surface area (Å²) in [7, 11) is 3.32. The number of hydrogen-bond donors (Lipinski definition) is 4. The number of nitrogens with one attached hydrogen (secondary N) is 4. The number of rotatable bonds is 11. The first-order chi connectivity index (χ1) is 14.7. The van der Waals surface area contributed by atoms with Crippen molar-refractivity contribution in [1.82, 2.24) is 19.8 Å². The molecule has 2 aromatic heterocycles. The van der Waals surface area contributed by atoms with Crippen molar-refractivity contribution in [2.24, 2.45) is 14.1 Å². The van der Waals surface area contributed by atoms with Gasteiger partial charge in [0.1, 0.15) is 11.5 Å². The first-order valence-corrected chi connectivity index (χ1v) is 9.52. The van der Waals surface area contributed by atoms with Crippen molar-refractivity contribution in [3.8, 4) is 0 Å². The van der Waals surface area contributed by atoms with Crippen LogP contribution >= 0.6 is 0 Å². The van der Waals surface area contributed by atoms with E-state index in [0.717, 1.165) is 0 Å². The van der Waals surface area contributed by atoms with Crippen molar-refractivity contribution in [3.63, 3.8) is 0 Å². The molecule has 2 heterocycles. The summed E-state index contributed by atoms with van der Waals surface area (Å²) in [5, 5.41) is 10.3. The van der Waals surface area contributed by atoms with Gasteiger partial charge < -0.3 is 35.2 Å². The van der Waals surface area contributed by atoms with E-state index in [9.17, 15) is 24.0 Å². The summed E-state index contributed by atoms with van der Waals surface area (Å²) in [4.78, 5) is 57.9. The number of carbonyl (C=O) groups is 4. The van der Waals surface area contributed by atoms with E-state index in [1.54, 1.807) is 35.6 Å². The van der Waals surface area contributed by atoms with E-state index in [1.807, 2.05) is 0 Å². The van der Waals surface area contributed by atoms with Crippen LogP contribution in [0.25, 0.3) is 0 Å². The summed E-state index contributed by atoms with van der Waals surface area (Å²) < 4.78 is 3.11. The molecule has 0 aliphatic heterocycles. The maximum Gasteiger partial charge on any atom is 0.267 e. The average molecular weight is 661 g/mol. The van der Waals surface area contributed by atoms with Crippen molar-refractivity contribution in [2.45, 2.75) is 19.8 Å². The second-order valence-corrected chi connectivity index (χ2v) is 6.94. The van der Waals surface area contributed by atoms with E-state index >= 15 is 0 Å². The van der Waals surface area contributed by atoms with Crippen LogP contribution in [0.1, 0.15) is 40.7 Å². The normalized spacial score (nSPS) is 9.97. The zero-order chi connectivity index (χ0) is 23.0. The van der Waals surface area contributed by atoms with Crippen LogP contribution in [0.4, 0.5) is 11.4 Å². The van der Waals surface area contributed by atoms with Crippen molar-refractivity contribution in [1.29, 1.82) is 0 Å². The van der Waals surface area contributed by atoms with Crippen LogP contribution in [-0.2, 0) is 28.5 Å². The van der Waals surface area contributed by atoms with Gasteiger partial charge in [0.05, 0.1) is 17.8 Å². The molecule has 0 aliphatic rings. The van der Waals surface area contributed by atoms with E-state index in [0.29, 0.717) is 22.8 Å². The van der Waals surface area contributed by atoms with Gasteiger partial charge in [-0.2, -0.15) is 0 Å². The third kappa shape index (κ3) is 8.17. The molecular formula is C20H25N6O5Th-. The summed E-state index contributed by atoms with van der Waals surface area (Å²) in [5.41, 5.74) is 1.54. The first kappa shape index (κ1) is 27.5. The van der Waals surface area contributed by atoms with Gasteiger partial charge in [-0.1, -0.05) is 18.0 Å². The summed E-state index contributed by atoms with van der Waals surface area (Å²) in [6, 6.07) is 3.02. The zero-order valence-corrected chi connectivity index (χ0v) is 22.2. The van der Waals surface area contributed by atoms with Crippen molar-refractivity contribution in [2.75, 3.05) is 23.7 Å². The van der Waals surface area contributed by atoms with Crippen LogP contribution < -0.4 is 21.3 Å². The van der Waals surface area contributed by atoms with E-state index in [1.165, 1.54) is 25.5 Å². The molecule has 170 valence electrons. The van der Waals surface area contributed by atoms with E-state index < -0.39 is 5.91 Å². The molecule has 0 fully saturated rings. The SMILES string of the molecule is CC(=O)CCNC(=O)c1cc(NC(=O)CCNC(=O)c2cc(N[C-]=O)cn2C)cn1C.[Th]. The Morgan fingerprint density at radius 1 is 0.875 bits per heavy atom. The predicted molar refractivity (Wildman–Crippen MR) is 113 cm³/mol. The largest absolute Gasteiger partial charge is 0.489 e. The smallest absolute Gasteiger partial charge is 0.267 e. The maximum absolute atomic E-state index is 12.2. The van der Waals surface area contributed by atoms with Crippen LogP contribution in [0.15, 0.2) is 24.5 Å². The number of amides is 4. The Bertz CT molecular complexity index is 997. The van der Waals surface area contributed by atoms with Crippen molar-refractivity contribution in [3.05, 3.63) is 35.9 Å². The molecule has 0 radical (unpaired) electrons. The summed E-state index contributed by atoms with van der Waals surface area (Å²) >= 11 is 0. The minimum Gasteiger partial charge on any atom is -0.489 e. The Morgan fingerprint density at radius 3 is 1.91 bits per heavy atom. The first-order valence-electron chi connectivity index (χ1n) is 9.52. The fourth-order valence-electron chi connectivity index (χ4n) is 2.82. The van der Waals surface area contributed by atoms with Crippen LogP contribution in [0.5, 0.6) is 0 Å². The number of anilines is 2. The zero-order valence-electron chi connectivity index (χ0n) is 18.1. The molecule has 12 heteroatoms. The number of aromatic nitrogens is 2. The number of hydrogen-bond acceptors (Lipinski definition) is 5. The van der Waals surface area contributed by atoms with Gasteiger partial charge >= 0.3 is 0 Å². The monoisotopic (exact) mass is 661 g/mol. The number of carbonyl (C=O) groups excluding carboxylic acids is 5. The van der Waals surface area contributed by atoms with Crippen molar-refractivity contribution < 1.29 is 63.9 Å². The van der Waals surface area contributed by atoms with Gasteiger partial charge in [0.25, 0.3) is 11.8 Å². The van der Waals surface area contributed by atoms with Crippen LogP contribution in [0, 0.1) is 39.9 Å². The Kier molecular flexibility index (Phi) is 11.2. The Morgan fingerprint density at radius 2 is 1.38 bits per heavy atom. The fraction of sp³-hybridized carbons (Fsp3) is 0.350. The standard InChI is InChI=1S/C20H25N6O5.Th/c1-13(28)4-6-21-20(31)17-9-15(11-26(17)3)24-18(29)5-7-22-19(30)16-8-14(23-12-27)10-25(16)2;/h8-11H,4-7H2,1-3H3,(H,21,31)(H,22,30)(H,23,27)(H,24,29);/q-1;. The van der Waals surface area contributed by atoms with E-state index in [-0.39, 0.29) is 83.5 Å². The molecule has 32 heavy (non-hydrogen) atoms. The van der Waals surface area contributed by atoms with E-state index in [2.05, 4.69) is 21.3 Å². The van der Waals surface area contributed by atoms with Gasteiger partial charge in [-0.25, -0.2) is 0 Å². The quantitative estimate of drug-likeness (QED) is 0.203. The number of ketones is 1. The van der Waals surface area contributed by atoms with Gasteiger partial charge in [-0.15, -0.1) is 0 Å². The predicted octanol–water partition coefficient (Wildman–Crippen LogP) is 0.310. The molecular weight excluding hydrogens is 636 g/mol. The molecule has 0 spiro atoms. The number of aryl methyl sites for hydroxylation is 2. The van der Waals surface area contributed by atoms with Crippen LogP contribution in [0.2, 0.25) is 0 Å². The number of Topliss-reactive ketones (excluding diaryl/α,β-unsaturated/α-hetero) is 1. The summed E-state index contributed by atoms with van der Waals surface area (Å²) in [6.07, 6.45) is 4.97.